The van der Waals surface area contributed by atoms with Crippen molar-refractivity contribution >= 4 is 10.8 Å². The van der Waals surface area contributed by atoms with Crippen molar-refractivity contribution in [3.8, 4) is 22.4 Å². The van der Waals surface area contributed by atoms with Crippen molar-refractivity contribution < 1.29 is 4.57 Å². The minimum absolute atomic E-state index is 0.0195. The highest BCUT2D eigenvalue weighted by molar-refractivity contribution is 5.95. The molecule has 0 saturated heterocycles. The highest BCUT2D eigenvalue weighted by Gasteiger charge is 2.36. The predicted octanol–water partition coefficient (Wildman–Crippen LogP) is 7.99. The van der Waals surface area contributed by atoms with Crippen molar-refractivity contribution in [2.45, 2.75) is 64.2 Å². The van der Waals surface area contributed by atoms with Gasteiger partial charge < -0.3 is 0 Å². The van der Waals surface area contributed by atoms with Crippen LogP contribution in [0.4, 0.5) is 0 Å². The fourth-order valence-corrected chi connectivity index (χ4v) is 6.53. The third kappa shape index (κ3) is 3.16. The van der Waals surface area contributed by atoms with E-state index in [1.165, 1.54) is 87.5 Å². The lowest BCUT2D eigenvalue weighted by Crippen LogP contribution is -2.31. The summed E-state index contributed by atoms with van der Waals surface area (Å²) >= 11 is 0. The molecule has 0 spiro atoms. The van der Waals surface area contributed by atoms with Crippen molar-refractivity contribution in [1.29, 1.82) is 0 Å². The number of pyridine rings is 1. The molecule has 0 amide bonds. The Balaban J connectivity index is 1.53. The van der Waals surface area contributed by atoms with E-state index in [1.807, 2.05) is 0 Å². The van der Waals surface area contributed by atoms with Crippen LogP contribution in [-0.2, 0) is 12.5 Å². The average Bonchev–Trinajstić information content (AvgIpc) is 3.05. The molecule has 3 aromatic carbocycles. The first-order valence-corrected chi connectivity index (χ1v) is 12.6. The zero-order chi connectivity index (χ0) is 22.7. The van der Waals surface area contributed by atoms with Crippen LogP contribution in [0.25, 0.3) is 33.2 Å². The second kappa shape index (κ2) is 7.55. The van der Waals surface area contributed by atoms with Crippen LogP contribution in [0.1, 0.15) is 74.1 Å². The van der Waals surface area contributed by atoms with E-state index in [1.54, 1.807) is 0 Å². The van der Waals surface area contributed by atoms with E-state index in [2.05, 4.69) is 99.2 Å². The lowest BCUT2D eigenvalue weighted by Gasteiger charge is -2.23. The van der Waals surface area contributed by atoms with Crippen molar-refractivity contribution in [1.82, 2.24) is 0 Å². The molecule has 1 nitrogen and oxygen atoms in total. The number of benzene rings is 3. The summed E-state index contributed by atoms with van der Waals surface area (Å²) in [5.41, 5.74) is 11.3. The van der Waals surface area contributed by atoms with E-state index >= 15 is 0 Å². The minimum Gasteiger partial charge on any atom is -0.200 e. The lowest BCUT2D eigenvalue weighted by molar-refractivity contribution is -0.659. The second-order valence-electron chi connectivity index (χ2n) is 10.8. The topological polar surface area (TPSA) is 3.88 Å². The highest BCUT2D eigenvalue weighted by atomic mass is 14.9. The monoisotopic (exact) mass is 432 g/mol. The number of aryl methyl sites for hydroxylation is 2. The van der Waals surface area contributed by atoms with Gasteiger partial charge in [-0.2, -0.15) is 0 Å². The van der Waals surface area contributed by atoms with Gasteiger partial charge in [-0.3, -0.25) is 0 Å². The van der Waals surface area contributed by atoms with Gasteiger partial charge in [0.05, 0.1) is 10.9 Å². The molecule has 0 radical (unpaired) electrons. The van der Waals surface area contributed by atoms with Crippen LogP contribution in [0.5, 0.6) is 0 Å². The van der Waals surface area contributed by atoms with Crippen LogP contribution in [0, 0.1) is 6.92 Å². The Kier molecular flexibility index (Phi) is 4.73. The maximum absolute atomic E-state index is 2.48. The van der Waals surface area contributed by atoms with Gasteiger partial charge in [0.1, 0.15) is 7.05 Å². The van der Waals surface area contributed by atoms with Crippen LogP contribution < -0.4 is 4.57 Å². The molecule has 0 aliphatic heterocycles. The van der Waals surface area contributed by atoms with Gasteiger partial charge >= 0.3 is 0 Å². The zero-order valence-corrected chi connectivity index (χ0v) is 20.4. The normalized spacial score (nSPS) is 17.2. The Morgan fingerprint density at radius 2 is 1.58 bits per heavy atom. The first-order chi connectivity index (χ1) is 15.9. The van der Waals surface area contributed by atoms with Crippen LogP contribution >= 0.6 is 0 Å². The molecule has 1 fully saturated rings. The molecule has 2 aliphatic rings. The summed E-state index contributed by atoms with van der Waals surface area (Å²) in [5, 5.41) is 2.73. The number of hydrogen-bond acceptors (Lipinski definition) is 0. The molecule has 6 rings (SSSR count). The van der Waals surface area contributed by atoms with Crippen LogP contribution in [0.15, 0.2) is 66.9 Å². The van der Waals surface area contributed by atoms with Crippen LogP contribution in [-0.4, -0.2) is 0 Å². The van der Waals surface area contributed by atoms with E-state index < -0.39 is 0 Å². The first kappa shape index (κ1) is 20.7. The Bertz CT molecular complexity index is 1390. The van der Waals surface area contributed by atoms with Crippen LogP contribution in [0.2, 0.25) is 0 Å². The second-order valence-corrected chi connectivity index (χ2v) is 10.8. The maximum atomic E-state index is 2.48. The summed E-state index contributed by atoms with van der Waals surface area (Å²) in [7, 11) is 2.19. The van der Waals surface area contributed by atoms with Gasteiger partial charge in [-0.25, -0.2) is 4.57 Å². The van der Waals surface area contributed by atoms with Crippen LogP contribution in [0.3, 0.4) is 0 Å². The molecule has 1 heterocycles. The van der Waals surface area contributed by atoms with E-state index in [9.17, 15) is 0 Å². The number of fused-ring (bicyclic) bond motifs is 4. The quantitative estimate of drug-likeness (QED) is 0.283. The molecule has 0 atom stereocenters. The molecular formula is C32H34N+. The summed E-state index contributed by atoms with van der Waals surface area (Å²) in [4.78, 5) is 0. The SMILES string of the molecule is Cc1cc2c(cc1-c1c3ccc(C4CCCCC4)cc3cc[n+]1C)C(C)(C)c1ccccc1-2. The summed E-state index contributed by atoms with van der Waals surface area (Å²) in [6.45, 7) is 7.02. The number of hydrogen-bond donors (Lipinski definition) is 0. The van der Waals surface area contributed by atoms with Crippen molar-refractivity contribution in [2.75, 3.05) is 0 Å². The molecule has 0 unspecified atom stereocenters. The number of aromatic nitrogens is 1. The fraction of sp³-hybridized carbons (Fsp3) is 0.344. The van der Waals surface area contributed by atoms with Gasteiger partial charge in [-0.1, -0.05) is 75.6 Å². The average molecular weight is 433 g/mol. The third-order valence-electron chi connectivity index (χ3n) is 8.42. The third-order valence-corrected chi connectivity index (χ3v) is 8.42. The Hall–Kier alpha value is -2.93. The summed E-state index contributed by atoms with van der Waals surface area (Å²) < 4.78 is 2.31. The molecular weight excluding hydrogens is 398 g/mol. The van der Waals surface area contributed by atoms with Gasteiger partial charge in [-0.05, 0) is 76.6 Å². The summed E-state index contributed by atoms with van der Waals surface area (Å²) in [6.07, 6.45) is 9.10. The highest BCUT2D eigenvalue weighted by Crippen LogP contribution is 2.50. The molecule has 166 valence electrons. The minimum atomic E-state index is 0.0195. The summed E-state index contributed by atoms with van der Waals surface area (Å²) in [6, 6.07) is 23.4. The van der Waals surface area contributed by atoms with Gasteiger partial charge in [0, 0.05) is 11.5 Å². The van der Waals surface area contributed by atoms with E-state index in [0.29, 0.717) is 0 Å². The molecule has 1 saturated carbocycles. The Labute approximate surface area is 198 Å². The number of rotatable bonds is 2. The largest absolute Gasteiger partial charge is 0.220 e. The fourth-order valence-electron chi connectivity index (χ4n) is 6.53. The lowest BCUT2D eigenvalue weighted by atomic mass is 9.81. The van der Waals surface area contributed by atoms with E-state index in [4.69, 9.17) is 0 Å². The molecule has 33 heavy (non-hydrogen) atoms. The van der Waals surface area contributed by atoms with E-state index in [0.717, 1.165) is 5.92 Å². The smallest absolute Gasteiger partial charge is 0.200 e. The molecule has 0 bridgehead atoms. The molecule has 2 aliphatic carbocycles. The van der Waals surface area contributed by atoms with Crippen molar-refractivity contribution in [3.05, 3.63) is 89.1 Å². The molecule has 4 aromatic rings. The standard InChI is InChI=1S/C32H34N/c1-21-18-28-26-12-8-9-13-29(26)32(2,3)30(28)20-27(21)31-25-15-14-23(22-10-6-5-7-11-22)19-24(25)16-17-33(31)4/h8-9,12-20,22H,5-7,10-11H2,1-4H3/q+1. The van der Waals surface area contributed by atoms with Crippen molar-refractivity contribution in [2.24, 2.45) is 7.05 Å². The molecule has 1 heteroatoms. The molecule has 1 aromatic heterocycles. The van der Waals surface area contributed by atoms with Crippen molar-refractivity contribution in [3.63, 3.8) is 0 Å². The Morgan fingerprint density at radius 1 is 0.788 bits per heavy atom. The van der Waals surface area contributed by atoms with Gasteiger partial charge in [0.25, 0.3) is 0 Å². The number of nitrogens with zero attached hydrogens (tertiary/aromatic N) is 1. The van der Waals surface area contributed by atoms with Gasteiger partial charge in [-0.15, -0.1) is 0 Å². The van der Waals surface area contributed by atoms with Gasteiger partial charge in [0.15, 0.2) is 6.20 Å². The van der Waals surface area contributed by atoms with E-state index in [-0.39, 0.29) is 5.41 Å². The summed E-state index contributed by atoms with van der Waals surface area (Å²) in [5.74, 6) is 0.738. The first-order valence-electron chi connectivity index (χ1n) is 12.6. The van der Waals surface area contributed by atoms with Gasteiger partial charge in [0.2, 0.25) is 5.69 Å². The molecule has 0 N–H and O–H groups in total. The maximum Gasteiger partial charge on any atom is 0.220 e. The predicted molar refractivity (Wildman–Crippen MR) is 139 cm³/mol. The zero-order valence-electron chi connectivity index (χ0n) is 20.4. The Morgan fingerprint density at radius 3 is 2.39 bits per heavy atom.